The van der Waals surface area contributed by atoms with Gasteiger partial charge in [-0.3, -0.25) is 4.79 Å². The lowest BCUT2D eigenvalue weighted by atomic mass is 10.1. The third-order valence-electron chi connectivity index (χ3n) is 5.50. The van der Waals surface area contributed by atoms with E-state index in [1.807, 2.05) is 0 Å². The number of hydrogen-bond acceptors (Lipinski definition) is 6. The molecule has 0 saturated carbocycles. The van der Waals surface area contributed by atoms with E-state index in [-0.39, 0.29) is 23.7 Å². The van der Waals surface area contributed by atoms with Gasteiger partial charge in [-0.2, -0.15) is 17.9 Å². The molecule has 0 radical (unpaired) electrons. The van der Waals surface area contributed by atoms with Gasteiger partial charge in [-0.1, -0.05) is 6.07 Å². The van der Waals surface area contributed by atoms with Crippen molar-refractivity contribution >= 4 is 21.6 Å². The molecule has 8 nitrogen and oxygen atoms in total. The van der Waals surface area contributed by atoms with Gasteiger partial charge in [-0.25, -0.2) is 8.42 Å². The van der Waals surface area contributed by atoms with Crippen LogP contribution in [-0.2, 0) is 21.0 Å². The lowest BCUT2D eigenvalue weighted by Gasteiger charge is -2.37. The summed E-state index contributed by atoms with van der Waals surface area (Å²) in [5.41, 5.74) is -0.314. The van der Waals surface area contributed by atoms with Gasteiger partial charge in [0.1, 0.15) is 0 Å². The highest BCUT2D eigenvalue weighted by Crippen LogP contribution is 2.32. The topological polar surface area (TPSA) is 88.2 Å². The average Bonchev–Trinajstić information content (AvgIpc) is 2.82. The van der Waals surface area contributed by atoms with Crippen LogP contribution in [0.5, 0.6) is 11.5 Å². The number of carbonyl (C=O) groups excluding carboxylic acids is 1. The zero-order chi connectivity index (χ0) is 25.1. The van der Waals surface area contributed by atoms with Crippen LogP contribution in [-0.4, -0.2) is 65.7 Å². The molecule has 0 unspecified atom stereocenters. The fraction of sp³-hybridized carbons (Fsp3) is 0.409. The van der Waals surface area contributed by atoms with Crippen molar-refractivity contribution in [3.63, 3.8) is 0 Å². The number of carbonyl (C=O) groups is 1. The van der Waals surface area contributed by atoms with Crippen molar-refractivity contribution < 1.29 is 35.9 Å². The molecule has 12 heteroatoms. The number of nitrogens with zero attached hydrogens (tertiary/aromatic N) is 2. The monoisotopic (exact) mass is 501 g/mol. The van der Waals surface area contributed by atoms with Gasteiger partial charge >= 0.3 is 6.18 Å². The van der Waals surface area contributed by atoms with E-state index in [9.17, 15) is 26.4 Å². The zero-order valence-corrected chi connectivity index (χ0v) is 19.7. The zero-order valence-electron chi connectivity index (χ0n) is 18.9. The number of ether oxygens (including phenoxy) is 2. The van der Waals surface area contributed by atoms with E-state index in [2.05, 4.69) is 4.72 Å². The second-order valence-corrected chi connectivity index (χ2v) is 9.43. The molecular formula is C22H26F3N3O5S. The number of piperazine rings is 1. The van der Waals surface area contributed by atoms with Gasteiger partial charge in [-0.05, 0) is 37.3 Å². The van der Waals surface area contributed by atoms with Crippen LogP contribution in [0.25, 0.3) is 0 Å². The van der Waals surface area contributed by atoms with E-state index in [1.54, 1.807) is 11.0 Å². The van der Waals surface area contributed by atoms with E-state index >= 15 is 0 Å². The maximum absolute atomic E-state index is 13.0. The van der Waals surface area contributed by atoms with Crippen molar-refractivity contribution in [1.82, 2.24) is 9.62 Å². The van der Waals surface area contributed by atoms with Gasteiger partial charge in [0.15, 0.2) is 11.5 Å². The Kier molecular flexibility index (Phi) is 7.61. The maximum Gasteiger partial charge on any atom is 0.416 e. The standard InChI is InChI=1S/C22H26F3N3O5S/c1-15(26-34(30,31)18-7-8-19(32-2)20(14-18)33-3)21(29)28-11-9-27(10-12-28)17-6-4-5-16(13-17)22(23,24)25/h4-8,13-15,26H,9-12H2,1-3H3/t15-/m0/s1. The smallest absolute Gasteiger partial charge is 0.416 e. The molecule has 0 aromatic heterocycles. The summed E-state index contributed by atoms with van der Waals surface area (Å²) in [5.74, 6) is 0.173. The number of amides is 1. The number of halogens is 3. The number of hydrogen-bond donors (Lipinski definition) is 1. The van der Waals surface area contributed by atoms with Crippen LogP contribution in [0.15, 0.2) is 47.4 Å². The van der Waals surface area contributed by atoms with Crippen molar-refractivity contribution in [1.29, 1.82) is 0 Å². The van der Waals surface area contributed by atoms with Gasteiger partial charge in [0.2, 0.25) is 15.9 Å². The predicted octanol–water partition coefficient (Wildman–Crippen LogP) is 2.74. The number of nitrogens with one attached hydrogen (secondary N) is 1. The molecule has 3 rings (SSSR count). The molecule has 0 bridgehead atoms. The molecule has 186 valence electrons. The highest BCUT2D eigenvalue weighted by Gasteiger charge is 2.32. The first kappa shape index (κ1) is 25.6. The van der Waals surface area contributed by atoms with Crippen molar-refractivity contribution in [3.05, 3.63) is 48.0 Å². The largest absolute Gasteiger partial charge is 0.493 e. The van der Waals surface area contributed by atoms with Gasteiger partial charge < -0.3 is 19.3 Å². The quantitative estimate of drug-likeness (QED) is 0.628. The summed E-state index contributed by atoms with van der Waals surface area (Å²) in [7, 11) is -1.21. The normalized spacial score (nSPS) is 15.7. The molecule has 2 aromatic rings. The second kappa shape index (κ2) is 10.1. The number of methoxy groups -OCH3 is 2. The van der Waals surface area contributed by atoms with Crippen molar-refractivity contribution in [2.45, 2.75) is 24.0 Å². The number of anilines is 1. The van der Waals surface area contributed by atoms with E-state index in [0.717, 1.165) is 12.1 Å². The minimum Gasteiger partial charge on any atom is -0.493 e. The van der Waals surface area contributed by atoms with E-state index in [1.165, 1.54) is 50.3 Å². The maximum atomic E-state index is 13.0. The Balaban J connectivity index is 1.63. The number of alkyl halides is 3. The predicted molar refractivity (Wildman–Crippen MR) is 120 cm³/mol. The Bertz CT molecular complexity index is 1130. The summed E-state index contributed by atoms with van der Waals surface area (Å²) in [5, 5.41) is 0. The molecule has 1 aliphatic heterocycles. The van der Waals surface area contributed by atoms with Crippen LogP contribution in [0, 0.1) is 0 Å². The molecule has 1 heterocycles. The van der Waals surface area contributed by atoms with Crippen molar-refractivity contribution in [3.8, 4) is 11.5 Å². The Morgan fingerprint density at radius 2 is 1.65 bits per heavy atom. The molecule has 1 saturated heterocycles. The van der Waals surface area contributed by atoms with Crippen LogP contribution in [0.2, 0.25) is 0 Å². The van der Waals surface area contributed by atoms with Crippen LogP contribution in [0.4, 0.5) is 18.9 Å². The summed E-state index contributed by atoms with van der Waals surface area (Å²) in [6.45, 7) is 2.58. The first-order valence-electron chi connectivity index (χ1n) is 10.4. The Hall–Kier alpha value is -2.99. The highest BCUT2D eigenvalue weighted by molar-refractivity contribution is 7.89. The fourth-order valence-corrected chi connectivity index (χ4v) is 4.88. The van der Waals surface area contributed by atoms with Gasteiger partial charge in [0.25, 0.3) is 0 Å². The summed E-state index contributed by atoms with van der Waals surface area (Å²) in [6.07, 6.45) is -4.44. The Morgan fingerprint density at radius 1 is 1.00 bits per heavy atom. The third kappa shape index (κ3) is 5.73. The lowest BCUT2D eigenvalue weighted by molar-refractivity contribution is -0.137. The van der Waals surface area contributed by atoms with Crippen molar-refractivity contribution in [2.75, 3.05) is 45.3 Å². The first-order chi connectivity index (χ1) is 16.0. The van der Waals surface area contributed by atoms with Crippen LogP contribution >= 0.6 is 0 Å². The summed E-state index contributed by atoms with van der Waals surface area (Å²) in [6, 6.07) is 8.08. The SMILES string of the molecule is COc1ccc(S(=O)(=O)N[C@@H](C)C(=O)N2CCN(c3cccc(C(F)(F)F)c3)CC2)cc1OC. The second-order valence-electron chi connectivity index (χ2n) is 7.72. The summed E-state index contributed by atoms with van der Waals surface area (Å²) in [4.78, 5) is 16.0. The molecular weight excluding hydrogens is 475 g/mol. The van der Waals surface area contributed by atoms with Crippen LogP contribution in [0.3, 0.4) is 0 Å². The molecule has 0 aliphatic carbocycles. The highest BCUT2D eigenvalue weighted by atomic mass is 32.2. The molecule has 2 aromatic carbocycles. The van der Waals surface area contributed by atoms with Crippen molar-refractivity contribution in [2.24, 2.45) is 0 Å². The van der Waals surface area contributed by atoms with Gasteiger partial charge in [0, 0.05) is 37.9 Å². The minimum atomic E-state index is -4.44. The number of sulfonamides is 1. The molecule has 1 atom stereocenters. The Labute approximate surface area is 196 Å². The fourth-order valence-electron chi connectivity index (χ4n) is 3.67. The first-order valence-corrected chi connectivity index (χ1v) is 11.9. The van der Waals surface area contributed by atoms with Crippen LogP contribution in [0.1, 0.15) is 12.5 Å². The molecule has 1 fully saturated rings. The molecule has 1 amide bonds. The number of benzene rings is 2. The summed E-state index contributed by atoms with van der Waals surface area (Å²) >= 11 is 0. The molecule has 1 aliphatic rings. The van der Waals surface area contributed by atoms with Gasteiger partial charge in [0.05, 0.1) is 30.7 Å². The van der Waals surface area contributed by atoms with E-state index < -0.39 is 33.7 Å². The van der Waals surface area contributed by atoms with E-state index in [4.69, 9.17) is 9.47 Å². The lowest BCUT2D eigenvalue weighted by Crippen LogP contribution is -2.54. The van der Waals surface area contributed by atoms with Crippen LogP contribution < -0.4 is 19.1 Å². The molecule has 34 heavy (non-hydrogen) atoms. The Morgan fingerprint density at radius 3 is 2.24 bits per heavy atom. The molecule has 1 N–H and O–H groups in total. The average molecular weight is 502 g/mol. The van der Waals surface area contributed by atoms with E-state index in [0.29, 0.717) is 24.5 Å². The number of rotatable bonds is 7. The summed E-state index contributed by atoms with van der Waals surface area (Å²) < 4.78 is 77.1. The molecule has 0 spiro atoms. The third-order valence-corrected chi connectivity index (χ3v) is 7.04. The minimum absolute atomic E-state index is 0.0841. The van der Waals surface area contributed by atoms with Gasteiger partial charge in [-0.15, -0.1) is 0 Å².